The van der Waals surface area contributed by atoms with Gasteiger partial charge in [-0.05, 0) is 42.3 Å². The van der Waals surface area contributed by atoms with E-state index in [1.807, 2.05) is 6.92 Å². The van der Waals surface area contributed by atoms with Gasteiger partial charge < -0.3 is 20.1 Å². The second kappa shape index (κ2) is 13.5. The minimum atomic E-state index is -0.272. The van der Waals surface area contributed by atoms with Crippen LogP contribution in [0, 0.1) is 5.82 Å². The van der Waals surface area contributed by atoms with Crippen molar-refractivity contribution in [2.24, 2.45) is 4.99 Å². The highest BCUT2D eigenvalue weighted by Crippen LogP contribution is 2.14. The Morgan fingerprint density at radius 3 is 2.45 bits per heavy atom. The maximum atomic E-state index is 13.0. The molecule has 1 saturated heterocycles. The van der Waals surface area contributed by atoms with E-state index in [0.717, 1.165) is 32.8 Å². The summed E-state index contributed by atoms with van der Waals surface area (Å²) in [5, 5.41) is 6.67. The van der Waals surface area contributed by atoms with Gasteiger partial charge in [0.25, 0.3) is 0 Å². The molecule has 0 amide bonds. The molecule has 1 atom stereocenters. The summed E-state index contributed by atoms with van der Waals surface area (Å²) >= 11 is 0. The zero-order valence-electron chi connectivity index (χ0n) is 18.1. The number of benzene rings is 2. The number of nitrogens with zero attached hydrogens (tertiary/aromatic N) is 2. The van der Waals surface area contributed by atoms with Crippen molar-refractivity contribution in [2.45, 2.75) is 26.1 Å². The van der Waals surface area contributed by atoms with Gasteiger partial charge in [-0.1, -0.05) is 24.3 Å². The summed E-state index contributed by atoms with van der Waals surface area (Å²) in [7, 11) is 1.75. The Labute approximate surface area is 201 Å². The number of ether oxygens (including phenoxy) is 2. The fourth-order valence-electron chi connectivity index (χ4n) is 3.31. The van der Waals surface area contributed by atoms with Crippen molar-refractivity contribution in [3.63, 3.8) is 0 Å². The first kappa shape index (κ1) is 25.4. The highest BCUT2D eigenvalue weighted by Gasteiger charge is 2.13. The van der Waals surface area contributed by atoms with E-state index in [-0.39, 0.29) is 35.9 Å². The molecule has 1 heterocycles. The monoisotopic (exact) mass is 542 g/mol. The predicted octanol–water partition coefficient (Wildman–Crippen LogP) is 3.41. The molecule has 1 aliphatic heterocycles. The molecule has 31 heavy (non-hydrogen) atoms. The molecule has 6 nitrogen and oxygen atoms in total. The lowest BCUT2D eigenvalue weighted by Crippen LogP contribution is -2.41. The highest BCUT2D eigenvalue weighted by atomic mass is 127. The number of hydrogen-bond acceptors (Lipinski definition) is 4. The molecule has 2 aromatic carbocycles. The topological polar surface area (TPSA) is 58.1 Å². The van der Waals surface area contributed by atoms with Crippen LogP contribution in [0.1, 0.15) is 18.1 Å². The Morgan fingerprint density at radius 1 is 1.10 bits per heavy atom. The van der Waals surface area contributed by atoms with Crippen LogP contribution in [0.4, 0.5) is 4.39 Å². The fraction of sp³-hybridized carbons (Fsp3) is 0.435. The van der Waals surface area contributed by atoms with Gasteiger partial charge in [0.05, 0.1) is 19.8 Å². The molecule has 0 saturated carbocycles. The molecule has 0 bridgehead atoms. The quantitative estimate of drug-likeness (QED) is 0.304. The number of rotatable bonds is 8. The van der Waals surface area contributed by atoms with Crippen LogP contribution in [-0.2, 0) is 17.8 Å². The SMILES string of the molecule is CN=C(NCc1ccccc1CN1CCOCC1)NCC(C)Oc1ccc(F)cc1.I. The first-order valence-electron chi connectivity index (χ1n) is 10.4. The molecule has 2 N–H and O–H groups in total. The molecule has 1 fully saturated rings. The van der Waals surface area contributed by atoms with Crippen LogP contribution in [0.2, 0.25) is 0 Å². The van der Waals surface area contributed by atoms with Gasteiger partial charge in [0, 0.05) is 33.2 Å². The molecule has 170 valence electrons. The van der Waals surface area contributed by atoms with Gasteiger partial charge in [0.15, 0.2) is 5.96 Å². The van der Waals surface area contributed by atoms with Crippen molar-refractivity contribution in [3.8, 4) is 5.75 Å². The molecule has 1 aliphatic rings. The van der Waals surface area contributed by atoms with Crippen LogP contribution in [0.5, 0.6) is 5.75 Å². The first-order valence-corrected chi connectivity index (χ1v) is 10.4. The Kier molecular flexibility index (Phi) is 11.0. The van der Waals surface area contributed by atoms with Crippen molar-refractivity contribution in [1.29, 1.82) is 0 Å². The van der Waals surface area contributed by atoms with Gasteiger partial charge in [-0.15, -0.1) is 24.0 Å². The molecule has 0 radical (unpaired) electrons. The number of hydrogen-bond donors (Lipinski definition) is 2. The second-order valence-electron chi connectivity index (χ2n) is 7.35. The minimum Gasteiger partial charge on any atom is -0.489 e. The van der Waals surface area contributed by atoms with E-state index in [9.17, 15) is 4.39 Å². The normalized spacial score (nSPS) is 15.6. The van der Waals surface area contributed by atoms with E-state index in [2.05, 4.69) is 44.8 Å². The van der Waals surface area contributed by atoms with E-state index >= 15 is 0 Å². The Morgan fingerprint density at radius 2 is 1.77 bits per heavy atom. The van der Waals surface area contributed by atoms with Crippen molar-refractivity contribution >= 4 is 29.9 Å². The van der Waals surface area contributed by atoms with Gasteiger partial charge >= 0.3 is 0 Å². The first-order chi connectivity index (χ1) is 14.6. The molecule has 2 aromatic rings. The average Bonchev–Trinajstić information content (AvgIpc) is 2.77. The molecular weight excluding hydrogens is 510 g/mol. The lowest BCUT2D eigenvalue weighted by Gasteiger charge is -2.27. The summed E-state index contributed by atoms with van der Waals surface area (Å²) in [6.45, 7) is 7.69. The molecular formula is C23H32FIN4O2. The zero-order valence-corrected chi connectivity index (χ0v) is 20.5. The number of halogens is 2. The van der Waals surface area contributed by atoms with E-state index in [1.54, 1.807) is 19.2 Å². The maximum absolute atomic E-state index is 13.0. The maximum Gasteiger partial charge on any atom is 0.191 e. The van der Waals surface area contributed by atoms with Crippen molar-refractivity contribution in [1.82, 2.24) is 15.5 Å². The van der Waals surface area contributed by atoms with Crippen LogP contribution in [0.15, 0.2) is 53.5 Å². The van der Waals surface area contributed by atoms with Crippen LogP contribution in [-0.4, -0.2) is 56.9 Å². The summed E-state index contributed by atoms with van der Waals surface area (Å²) in [6, 6.07) is 14.5. The molecule has 1 unspecified atom stereocenters. The standard InChI is InChI=1S/C23H31FN4O2.HI/c1-18(30-22-9-7-21(24)8-10-22)15-26-23(25-2)27-16-19-5-3-4-6-20(19)17-28-11-13-29-14-12-28;/h3-10,18H,11-17H2,1-2H3,(H2,25,26,27);1H. The van der Waals surface area contributed by atoms with Crippen molar-refractivity contribution < 1.29 is 13.9 Å². The number of morpholine rings is 1. The summed E-state index contributed by atoms with van der Waals surface area (Å²) in [4.78, 5) is 6.72. The largest absolute Gasteiger partial charge is 0.489 e. The van der Waals surface area contributed by atoms with E-state index in [4.69, 9.17) is 9.47 Å². The summed E-state index contributed by atoms with van der Waals surface area (Å²) in [5.74, 6) is 1.09. The number of guanidine groups is 1. The Hall–Kier alpha value is -1.91. The summed E-state index contributed by atoms with van der Waals surface area (Å²) in [5.41, 5.74) is 2.57. The van der Waals surface area contributed by atoms with Gasteiger partial charge in [0.2, 0.25) is 0 Å². The Balaban J connectivity index is 0.00000341. The lowest BCUT2D eigenvalue weighted by atomic mass is 10.1. The third kappa shape index (κ3) is 8.62. The van der Waals surface area contributed by atoms with Crippen molar-refractivity contribution in [2.75, 3.05) is 39.9 Å². The predicted molar refractivity (Wildman–Crippen MR) is 133 cm³/mol. The number of nitrogens with one attached hydrogen (secondary N) is 2. The molecule has 0 spiro atoms. The third-order valence-electron chi connectivity index (χ3n) is 4.99. The third-order valence-corrected chi connectivity index (χ3v) is 4.99. The average molecular weight is 542 g/mol. The van der Waals surface area contributed by atoms with Crippen molar-refractivity contribution in [3.05, 3.63) is 65.5 Å². The van der Waals surface area contributed by atoms with Crippen LogP contribution in [0.25, 0.3) is 0 Å². The second-order valence-corrected chi connectivity index (χ2v) is 7.35. The van der Waals surface area contributed by atoms with Gasteiger partial charge in [-0.2, -0.15) is 0 Å². The molecule has 3 rings (SSSR count). The van der Waals surface area contributed by atoms with E-state index in [1.165, 1.54) is 23.3 Å². The van der Waals surface area contributed by atoms with Gasteiger partial charge in [0.1, 0.15) is 17.7 Å². The summed E-state index contributed by atoms with van der Waals surface area (Å²) in [6.07, 6.45) is -0.0948. The molecule has 8 heteroatoms. The highest BCUT2D eigenvalue weighted by molar-refractivity contribution is 14.0. The fourth-order valence-corrected chi connectivity index (χ4v) is 3.31. The van der Waals surface area contributed by atoms with Gasteiger partial charge in [-0.3, -0.25) is 9.89 Å². The zero-order chi connectivity index (χ0) is 21.2. The van der Waals surface area contributed by atoms with Crippen LogP contribution >= 0.6 is 24.0 Å². The minimum absolute atomic E-state index is 0. The van der Waals surface area contributed by atoms with E-state index < -0.39 is 0 Å². The van der Waals surface area contributed by atoms with E-state index in [0.29, 0.717) is 24.8 Å². The lowest BCUT2D eigenvalue weighted by molar-refractivity contribution is 0.0341. The van der Waals surface area contributed by atoms with Crippen LogP contribution < -0.4 is 15.4 Å². The molecule has 0 aliphatic carbocycles. The Bertz CT molecular complexity index is 813. The number of aliphatic imine (C=N–C) groups is 1. The van der Waals surface area contributed by atoms with Crippen LogP contribution in [0.3, 0.4) is 0 Å². The molecule has 0 aromatic heterocycles. The van der Waals surface area contributed by atoms with Gasteiger partial charge in [-0.25, -0.2) is 4.39 Å². The smallest absolute Gasteiger partial charge is 0.191 e. The summed E-state index contributed by atoms with van der Waals surface area (Å²) < 4.78 is 24.3.